The van der Waals surface area contributed by atoms with E-state index in [0.717, 1.165) is 22.3 Å². The summed E-state index contributed by atoms with van der Waals surface area (Å²) in [5.74, 6) is 0.626. The van der Waals surface area contributed by atoms with Crippen molar-refractivity contribution < 1.29 is 19.1 Å². The van der Waals surface area contributed by atoms with Crippen LogP contribution in [0.2, 0.25) is 0 Å². The zero-order valence-electron chi connectivity index (χ0n) is 20.0. The van der Waals surface area contributed by atoms with Gasteiger partial charge < -0.3 is 25.4 Å². The minimum atomic E-state index is -0.391. The summed E-state index contributed by atoms with van der Waals surface area (Å²) in [6.07, 6.45) is 3.01. The number of amides is 2. The van der Waals surface area contributed by atoms with E-state index in [1.165, 1.54) is 0 Å². The lowest BCUT2D eigenvalue weighted by molar-refractivity contribution is -0.127. The summed E-state index contributed by atoms with van der Waals surface area (Å²) in [4.78, 5) is 32.8. The number of rotatable bonds is 10. The monoisotopic (exact) mass is 465 g/mol. The first kappa shape index (κ1) is 24.9. The quantitative estimate of drug-likeness (QED) is 0.307. The van der Waals surface area contributed by atoms with Gasteiger partial charge in [0.15, 0.2) is 0 Å². The average molecular weight is 466 g/mol. The minimum absolute atomic E-state index is 0.0425. The summed E-state index contributed by atoms with van der Waals surface area (Å²) in [6, 6.07) is 11.0. The number of methoxy groups -OCH3 is 1. The van der Waals surface area contributed by atoms with Crippen molar-refractivity contribution in [1.82, 2.24) is 15.3 Å². The van der Waals surface area contributed by atoms with Crippen LogP contribution < -0.4 is 20.7 Å². The summed E-state index contributed by atoms with van der Waals surface area (Å²) in [5, 5.41) is 9.65. The molecule has 0 atom stereocenters. The molecule has 34 heavy (non-hydrogen) atoms. The van der Waals surface area contributed by atoms with E-state index in [9.17, 15) is 9.59 Å². The molecule has 0 bridgehead atoms. The van der Waals surface area contributed by atoms with Crippen molar-refractivity contribution in [2.45, 2.75) is 27.2 Å². The third kappa shape index (κ3) is 7.70. The lowest BCUT2D eigenvalue weighted by atomic mass is 9.97. The van der Waals surface area contributed by atoms with Gasteiger partial charge >= 0.3 is 0 Å². The van der Waals surface area contributed by atoms with Gasteiger partial charge in [-0.2, -0.15) is 0 Å². The van der Waals surface area contributed by atoms with Crippen molar-refractivity contribution in [1.29, 1.82) is 0 Å². The summed E-state index contributed by atoms with van der Waals surface area (Å²) in [7, 11) is 1.63. The first-order valence-corrected chi connectivity index (χ1v) is 11.0. The van der Waals surface area contributed by atoms with E-state index in [1.807, 2.05) is 45.0 Å². The van der Waals surface area contributed by atoms with E-state index < -0.39 is 5.91 Å². The molecule has 0 unspecified atom stereocenters. The number of carbonyl (C=O) groups excluding carboxylic acids is 2. The van der Waals surface area contributed by atoms with Gasteiger partial charge in [-0.15, -0.1) is 0 Å². The molecular weight excluding hydrogens is 434 g/mol. The molecule has 2 heterocycles. The number of pyridine rings is 2. The molecule has 0 saturated heterocycles. The van der Waals surface area contributed by atoms with Crippen LogP contribution in [-0.2, 0) is 14.3 Å². The number of ether oxygens (including phenoxy) is 2. The Hall–Kier alpha value is -3.72. The van der Waals surface area contributed by atoms with Gasteiger partial charge in [-0.05, 0) is 35.7 Å². The maximum absolute atomic E-state index is 12.1. The van der Waals surface area contributed by atoms with Gasteiger partial charge in [0, 0.05) is 31.3 Å². The minimum Gasteiger partial charge on any atom is -0.491 e. The van der Waals surface area contributed by atoms with Crippen LogP contribution in [-0.4, -0.2) is 48.7 Å². The zero-order valence-corrected chi connectivity index (χ0v) is 20.0. The summed E-state index contributed by atoms with van der Waals surface area (Å²) in [6.45, 7) is 7.53. The highest BCUT2D eigenvalue weighted by atomic mass is 16.5. The Balaban J connectivity index is 1.59. The molecule has 3 N–H and O–H groups in total. The average Bonchev–Trinajstić information content (AvgIpc) is 2.79. The van der Waals surface area contributed by atoms with E-state index in [2.05, 4.69) is 25.9 Å². The number of aromatic nitrogens is 2. The van der Waals surface area contributed by atoms with Gasteiger partial charge in [-0.1, -0.05) is 20.8 Å². The second-order valence-corrected chi connectivity index (χ2v) is 9.00. The van der Waals surface area contributed by atoms with Gasteiger partial charge in [0.1, 0.15) is 24.6 Å². The molecule has 0 aliphatic carbocycles. The highest BCUT2D eigenvalue weighted by Crippen LogP contribution is 2.27. The predicted molar refractivity (Wildman–Crippen MR) is 132 cm³/mol. The number of hydrogen-bond donors (Lipinski definition) is 3. The molecule has 0 saturated carbocycles. The molecule has 3 aromatic rings. The Morgan fingerprint density at radius 2 is 1.82 bits per heavy atom. The fourth-order valence-electron chi connectivity index (χ4n) is 3.03. The van der Waals surface area contributed by atoms with Gasteiger partial charge in [0.05, 0.1) is 29.7 Å². The van der Waals surface area contributed by atoms with Crippen LogP contribution in [0.25, 0.3) is 10.9 Å². The first-order valence-electron chi connectivity index (χ1n) is 11.0. The highest BCUT2D eigenvalue weighted by molar-refractivity contribution is 6.03. The standard InChI is InChI=1S/C25H31N5O4/c1-25(2,3)16-28-23(31)14-24(32)29-17-5-8-22(27-15-17)30-20-9-10-26-21-13-18(6-7-19(20)21)34-12-11-33-4/h5-10,13,15H,11-12,14,16H2,1-4H3,(H,28,31)(H,29,32)(H,26,27,30). The van der Waals surface area contributed by atoms with Crippen molar-refractivity contribution in [3.05, 3.63) is 48.8 Å². The summed E-state index contributed by atoms with van der Waals surface area (Å²) < 4.78 is 10.7. The van der Waals surface area contributed by atoms with Crippen LogP contribution >= 0.6 is 0 Å². The maximum Gasteiger partial charge on any atom is 0.233 e. The van der Waals surface area contributed by atoms with Crippen LogP contribution in [0, 0.1) is 5.41 Å². The van der Waals surface area contributed by atoms with Gasteiger partial charge in [0.25, 0.3) is 0 Å². The maximum atomic E-state index is 12.1. The SMILES string of the molecule is COCCOc1ccc2c(Nc3ccc(NC(=O)CC(=O)NCC(C)(C)C)cn3)ccnc2c1. The van der Waals surface area contributed by atoms with Crippen LogP contribution in [0.15, 0.2) is 48.8 Å². The van der Waals surface area contributed by atoms with E-state index >= 15 is 0 Å². The molecule has 2 amide bonds. The molecule has 2 aromatic heterocycles. The number of anilines is 3. The Morgan fingerprint density at radius 1 is 1.00 bits per heavy atom. The number of hydrogen-bond acceptors (Lipinski definition) is 7. The fourth-order valence-corrected chi connectivity index (χ4v) is 3.03. The van der Waals surface area contributed by atoms with Crippen molar-refractivity contribution in [3.63, 3.8) is 0 Å². The molecule has 0 fully saturated rings. The smallest absolute Gasteiger partial charge is 0.233 e. The van der Waals surface area contributed by atoms with Crippen molar-refractivity contribution in [3.8, 4) is 5.75 Å². The van der Waals surface area contributed by atoms with E-state index in [0.29, 0.717) is 31.3 Å². The third-order valence-electron chi connectivity index (χ3n) is 4.72. The topological polar surface area (TPSA) is 114 Å². The number of nitrogens with zero attached hydrogens (tertiary/aromatic N) is 2. The van der Waals surface area contributed by atoms with Crippen molar-refractivity contribution in [2.75, 3.05) is 37.5 Å². The zero-order chi connectivity index (χ0) is 24.6. The summed E-state index contributed by atoms with van der Waals surface area (Å²) in [5.41, 5.74) is 2.09. The predicted octanol–water partition coefficient (Wildman–Crippen LogP) is 3.89. The molecular formula is C25H31N5O4. The Kier molecular flexibility index (Phi) is 8.37. The molecule has 1 aromatic carbocycles. The second kappa shape index (κ2) is 11.4. The van der Waals surface area contributed by atoms with Gasteiger partial charge in [-0.3, -0.25) is 14.6 Å². The number of carbonyl (C=O) groups is 2. The molecule has 0 spiro atoms. The molecule has 0 aliphatic rings. The molecule has 0 aliphatic heterocycles. The van der Waals surface area contributed by atoms with E-state index in [1.54, 1.807) is 31.6 Å². The lowest BCUT2D eigenvalue weighted by Gasteiger charge is -2.18. The molecule has 9 nitrogen and oxygen atoms in total. The normalized spacial score (nSPS) is 11.2. The van der Waals surface area contributed by atoms with Crippen molar-refractivity contribution >= 4 is 39.9 Å². The number of benzene rings is 1. The van der Waals surface area contributed by atoms with Crippen molar-refractivity contribution in [2.24, 2.45) is 5.41 Å². The molecule has 9 heteroatoms. The Labute approximate surface area is 199 Å². The number of nitrogens with one attached hydrogen (secondary N) is 3. The Morgan fingerprint density at radius 3 is 2.53 bits per heavy atom. The lowest BCUT2D eigenvalue weighted by Crippen LogP contribution is -2.34. The van der Waals surface area contributed by atoms with Crippen LogP contribution in [0.4, 0.5) is 17.2 Å². The third-order valence-corrected chi connectivity index (χ3v) is 4.72. The fraction of sp³-hybridized carbons (Fsp3) is 0.360. The highest BCUT2D eigenvalue weighted by Gasteiger charge is 2.14. The number of fused-ring (bicyclic) bond motifs is 1. The van der Waals surface area contributed by atoms with Gasteiger partial charge in [0.2, 0.25) is 11.8 Å². The molecule has 3 rings (SSSR count). The van der Waals surface area contributed by atoms with E-state index in [4.69, 9.17) is 9.47 Å². The van der Waals surface area contributed by atoms with E-state index in [-0.39, 0.29) is 17.7 Å². The van der Waals surface area contributed by atoms with Crippen LogP contribution in [0.3, 0.4) is 0 Å². The van der Waals surface area contributed by atoms with Crippen LogP contribution in [0.1, 0.15) is 27.2 Å². The largest absolute Gasteiger partial charge is 0.491 e. The molecule has 0 radical (unpaired) electrons. The van der Waals surface area contributed by atoms with Gasteiger partial charge in [-0.25, -0.2) is 4.98 Å². The second-order valence-electron chi connectivity index (χ2n) is 9.00. The first-order chi connectivity index (χ1) is 16.2. The summed E-state index contributed by atoms with van der Waals surface area (Å²) >= 11 is 0. The Bertz CT molecular complexity index is 1130. The van der Waals surface area contributed by atoms with Crippen LogP contribution in [0.5, 0.6) is 5.75 Å². The molecule has 180 valence electrons.